The number of pyridine rings is 2. The summed E-state index contributed by atoms with van der Waals surface area (Å²) in [7, 11) is 3.35. The van der Waals surface area contributed by atoms with Crippen LogP contribution in [0.4, 0.5) is 0 Å². The number of ether oxygens (including phenoxy) is 4. The molecule has 328 valence electrons. The quantitative estimate of drug-likeness (QED) is 0.118. The van der Waals surface area contributed by atoms with Gasteiger partial charge in [0, 0.05) is 58.5 Å². The number of ketones is 2. The van der Waals surface area contributed by atoms with Gasteiger partial charge in [0.2, 0.25) is 0 Å². The zero-order valence-electron chi connectivity index (χ0n) is 37.2. The number of nitrogens with zero attached hydrogens (tertiary/aromatic N) is 4. The molecule has 6 aliphatic heterocycles. The van der Waals surface area contributed by atoms with Crippen molar-refractivity contribution in [3.8, 4) is 23.0 Å². The van der Waals surface area contributed by atoms with E-state index in [1.165, 1.54) is 0 Å². The molecule has 2 aromatic heterocycles. The lowest BCUT2D eigenvalue weighted by Gasteiger charge is -2.52. The van der Waals surface area contributed by atoms with Gasteiger partial charge in [-0.15, -0.1) is 0 Å². The first-order valence-electron chi connectivity index (χ1n) is 23.4. The van der Waals surface area contributed by atoms with E-state index in [1.54, 1.807) is 26.4 Å². The van der Waals surface area contributed by atoms with E-state index in [-0.39, 0.29) is 34.8 Å². The molecule has 4 aromatic carbocycles. The minimum atomic E-state index is -0.475. The lowest BCUT2D eigenvalue weighted by Crippen LogP contribution is -2.56. The highest BCUT2D eigenvalue weighted by atomic mass is 16.5. The molecule has 0 radical (unpaired) electrons. The van der Waals surface area contributed by atoms with Crippen molar-refractivity contribution in [2.24, 2.45) is 23.7 Å². The Morgan fingerprint density at radius 1 is 0.609 bits per heavy atom. The highest BCUT2D eigenvalue weighted by Gasteiger charge is 2.47. The Morgan fingerprint density at radius 2 is 1.06 bits per heavy atom. The maximum Gasteiger partial charge on any atom is 0.198 e. The summed E-state index contributed by atoms with van der Waals surface area (Å²) < 4.78 is 26.3. The molecule has 0 saturated carbocycles. The number of hydrogen-bond acceptors (Lipinski definition) is 10. The van der Waals surface area contributed by atoms with Gasteiger partial charge in [0.25, 0.3) is 0 Å². The van der Waals surface area contributed by atoms with Gasteiger partial charge >= 0.3 is 0 Å². The van der Waals surface area contributed by atoms with Gasteiger partial charge in [-0.2, -0.15) is 0 Å². The van der Waals surface area contributed by atoms with E-state index in [4.69, 9.17) is 28.9 Å². The third kappa shape index (κ3) is 6.83. The molecule has 6 aromatic rings. The van der Waals surface area contributed by atoms with E-state index in [9.17, 15) is 0 Å². The number of aromatic nitrogens is 2. The summed E-state index contributed by atoms with van der Waals surface area (Å²) in [4.78, 5) is 45.0. The summed E-state index contributed by atoms with van der Waals surface area (Å²) >= 11 is 0. The van der Waals surface area contributed by atoms with Crippen LogP contribution in [-0.2, 0) is 0 Å². The Balaban J connectivity index is 1.07. The highest BCUT2D eigenvalue weighted by molar-refractivity contribution is 6.30. The van der Waals surface area contributed by atoms with Gasteiger partial charge in [0.15, 0.2) is 11.6 Å². The summed E-state index contributed by atoms with van der Waals surface area (Å²) in [6, 6.07) is 27.0. The van der Waals surface area contributed by atoms with E-state index in [2.05, 4.69) is 23.6 Å². The van der Waals surface area contributed by atoms with Crippen molar-refractivity contribution in [3.05, 3.63) is 131 Å². The fraction of sp³-hybridized carbons (Fsp3) is 0.407. The molecule has 7 unspecified atom stereocenters. The number of piperidine rings is 6. The Hall–Kier alpha value is -5.84. The molecular weight excluding hydrogens is 801 g/mol. The van der Waals surface area contributed by atoms with Crippen molar-refractivity contribution >= 4 is 33.4 Å². The number of carbonyl (C=O) groups excluding carboxylic acids is 2. The molecule has 6 saturated heterocycles. The van der Waals surface area contributed by atoms with E-state index in [1.807, 2.05) is 85.2 Å². The molecule has 13 rings (SSSR count). The normalized spacial score (nSPS) is 26.6. The van der Waals surface area contributed by atoms with Crippen LogP contribution in [0.5, 0.6) is 23.0 Å². The third-order valence-corrected chi connectivity index (χ3v) is 15.7. The van der Waals surface area contributed by atoms with E-state index >= 15 is 9.59 Å². The molecule has 10 atom stereocenters. The first-order valence-corrected chi connectivity index (χ1v) is 23.4. The second-order valence-corrected chi connectivity index (χ2v) is 18.7. The Kier molecular flexibility index (Phi) is 10.6. The lowest BCUT2D eigenvalue weighted by atomic mass is 9.72. The Morgan fingerprint density at radius 3 is 1.45 bits per heavy atom. The summed E-state index contributed by atoms with van der Waals surface area (Å²) in [5.41, 5.74) is 4.87. The fourth-order valence-corrected chi connectivity index (χ4v) is 12.3. The largest absolute Gasteiger partial charge is 0.497 e. The van der Waals surface area contributed by atoms with Crippen LogP contribution in [0.1, 0.15) is 108 Å². The zero-order valence-corrected chi connectivity index (χ0v) is 37.2. The van der Waals surface area contributed by atoms with E-state index in [0.29, 0.717) is 46.3 Å². The van der Waals surface area contributed by atoms with Crippen LogP contribution in [0.3, 0.4) is 0 Å². The van der Waals surface area contributed by atoms with Gasteiger partial charge in [0.05, 0.1) is 48.5 Å². The van der Waals surface area contributed by atoms with Crippen molar-refractivity contribution in [2.45, 2.75) is 76.7 Å². The van der Waals surface area contributed by atoms with Crippen LogP contribution >= 0.6 is 0 Å². The van der Waals surface area contributed by atoms with Gasteiger partial charge in [-0.05, 0) is 123 Å². The number of benzene rings is 4. The smallest absolute Gasteiger partial charge is 0.198 e. The maximum atomic E-state index is 15.1. The number of rotatable bonds is 12. The average molecular weight is 857 g/mol. The summed E-state index contributed by atoms with van der Waals surface area (Å²) in [5.74, 6) is 4.15. The monoisotopic (exact) mass is 856 g/mol. The second-order valence-electron chi connectivity index (χ2n) is 18.7. The first-order chi connectivity index (χ1) is 31.3. The van der Waals surface area contributed by atoms with Crippen molar-refractivity contribution in [3.63, 3.8) is 0 Å². The standard InChI is InChI=1S/C54H56N4O6/c1-5-31-29-57-23-19-33(31)25-45(57)53(39-17-21-55-43-13-11-35(61-3)27-41(39)43)63-47-15-16-48(50-49(47)51(59)37-9-7-8-10-38(37)52(50)60)64-54(46-26-34-20-24-58(46)30-32(34)6-2)40-18-22-56-44-14-12-36(62-4)28-42(40)44/h7-18,21-22,27-28,31-34,45-46,53-54H,5-6,19-20,23-26,29-30H2,1-4H3/t31?,32?,33-,34?,45?,46-,53?,54+/m1/s1. The van der Waals surface area contributed by atoms with Gasteiger partial charge in [-0.3, -0.25) is 29.4 Å². The predicted molar refractivity (Wildman–Crippen MR) is 247 cm³/mol. The average Bonchev–Trinajstić information content (AvgIpc) is 3.36. The third-order valence-electron chi connectivity index (χ3n) is 15.7. The van der Waals surface area contributed by atoms with Crippen molar-refractivity contribution < 1.29 is 28.5 Å². The molecule has 6 fully saturated rings. The molecule has 10 nitrogen and oxygen atoms in total. The molecule has 7 aliphatic rings. The minimum absolute atomic E-state index is 0.0377. The number of carbonyl (C=O) groups is 2. The van der Waals surface area contributed by atoms with Gasteiger partial charge in [-0.25, -0.2) is 0 Å². The summed E-state index contributed by atoms with van der Waals surface area (Å²) in [5, 5.41) is 1.88. The molecule has 0 amide bonds. The second kappa shape index (κ2) is 16.6. The molecule has 0 N–H and O–H groups in total. The van der Waals surface area contributed by atoms with Crippen molar-refractivity contribution in [1.29, 1.82) is 0 Å². The number of fused-ring (bicyclic) bond motifs is 10. The lowest BCUT2D eigenvalue weighted by molar-refractivity contribution is -0.0493. The van der Waals surface area contributed by atoms with Crippen molar-refractivity contribution in [2.75, 3.05) is 40.4 Å². The Labute approximate surface area is 374 Å². The molecule has 0 spiro atoms. The minimum Gasteiger partial charge on any atom is -0.497 e. The van der Waals surface area contributed by atoms with E-state index < -0.39 is 12.2 Å². The zero-order chi connectivity index (χ0) is 43.6. The molecule has 8 heterocycles. The summed E-state index contributed by atoms with van der Waals surface area (Å²) in [6.45, 7) is 8.58. The topological polar surface area (TPSA) is 103 Å². The number of methoxy groups -OCH3 is 2. The van der Waals surface area contributed by atoms with Crippen LogP contribution in [-0.4, -0.2) is 83.8 Å². The Bertz CT molecular complexity index is 2600. The van der Waals surface area contributed by atoms with Gasteiger partial charge < -0.3 is 18.9 Å². The molecule has 1 aliphatic carbocycles. The van der Waals surface area contributed by atoms with E-state index in [0.717, 1.165) is 109 Å². The van der Waals surface area contributed by atoms with Crippen molar-refractivity contribution in [1.82, 2.24) is 19.8 Å². The fourth-order valence-electron chi connectivity index (χ4n) is 12.3. The van der Waals surface area contributed by atoms with Crippen LogP contribution in [0, 0.1) is 23.7 Å². The molecular formula is C54H56N4O6. The van der Waals surface area contributed by atoms with Crippen LogP contribution in [0.15, 0.2) is 97.3 Å². The predicted octanol–water partition coefficient (Wildman–Crippen LogP) is 10.1. The maximum absolute atomic E-state index is 15.1. The summed E-state index contributed by atoms with van der Waals surface area (Å²) in [6.07, 6.45) is 9.30. The highest BCUT2D eigenvalue weighted by Crippen LogP contribution is 2.49. The van der Waals surface area contributed by atoms with Gasteiger partial charge in [-0.1, -0.05) is 51.0 Å². The SMILES string of the molecule is CCC1CN2CCC1C[C@@H]2[C@@H](Oc1ccc(OC(c2ccnc3ccc(OC)cc23)C2C[C@H]3CCN2CC3CC)c2c1C(=O)c1ccccc1C2=O)c1ccnc2ccc(OC)cc12. The number of hydrogen-bond donors (Lipinski definition) is 0. The molecule has 64 heavy (non-hydrogen) atoms. The molecule has 4 bridgehead atoms. The van der Waals surface area contributed by atoms with Crippen LogP contribution in [0.25, 0.3) is 21.8 Å². The van der Waals surface area contributed by atoms with Crippen LogP contribution in [0.2, 0.25) is 0 Å². The first kappa shape index (κ1) is 40.9. The van der Waals surface area contributed by atoms with Gasteiger partial charge in [0.1, 0.15) is 35.2 Å². The van der Waals surface area contributed by atoms with Crippen LogP contribution < -0.4 is 18.9 Å². The molecule has 10 heteroatoms.